The molecule has 0 bridgehead atoms. The molecule has 12 heteroatoms. The van der Waals surface area contributed by atoms with Crippen LogP contribution >= 0.6 is 34.8 Å². The Bertz CT molecular complexity index is 1450. The molecule has 0 aliphatic heterocycles. The van der Waals surface area contributed by atoms with Crippen LogP contribution in [-0.2, 0) is 32.6 Å². The number of hydrogen-bond acceptors (Lipinski definition) is 5. The summed E-state index contributed by atoms with van der Waals surface area (Å²) in [5, 5.41) is 3.67. The van der Waals surface area contributed by atoms with Crippen molar-refractivity contribution in [3.8, 4) is 5.75 Å². The largest absolute Gasteiger partial charge is 0.495 e. The van der Waals surface area contributed by atoms with Crippen molar-refractivity contribution in [3.05, 3.63) is 92.9 Å². The van der Waals surface area contributed by atoms with E-state index < -0.39 is 28.5 Å². The van der Waals surface area contributed by atoms with Crippen LogP contribution < -0.4 is 14.4 Å². The second-order valence-electron chi connectivity index (χ2n) is 9.31. The van der Waals surface area contributed by atoms with Crippen molar-refractivity contribution < 1.29 is 22.7 Å². The van der Waals surface area contributed by atoms with Gasteiger partial charge in [0.25, 0.3) is 0 Å². The molecule has 3 rings (SSSR count). The van der Waals surface area contributed by atoms with Gasteiger partial charge < -0.3 is 15.0 Å². The Morgan fingerprint density at radius 3 is 2.17 bits per heavy atom. The number of halogens is 3. The maximum absolute atomic E-state index is 14.1. The zero-order chi connectivity index (χ0) is 30.2. The Hall–Kier alpha value is -2.98. The highest BCUT2D eigenvalue weighted by atomic mass is 35.5. The number of nitrogens with one attached hydrogen (secondary N) is 1. The van der Waals surface area contributed by atoms with E-state index in [-0.39, 0.29) is 29.6 Å². The second-order valence-corrected chi connectivity index (χ2v) is 12.4. The summed E-state index contributed by atoms with van der Waals surface area (Å²) >= 11 is 19.2. The smallest absolute Gasteiger partial charge is 0.244 e. The van der Waals surface area contributed by atoms with Crippen molar-refractivity contribution in [2.75, 3.05) is 30.8 Å². The van der Waals surface area contributed by atoms with E-state index in [4.69, 9.17) is 39.5 Å². The molecule has 0 aliphatic rings. The average Bonchev–Trinajstić information content (AvgIpc) is 2.93. The quantitative estimate of drug-likeness (QED) is 0.263. The summed E-state index contributed by atoms with van der Waals surface area (Å²) in [5.74, 6) is -0.669. The van der Waals surface area contributed by atoms with Crippen molar-refractivity contribution in [1.29, 1.82) is 0 Å². The molecule has 0 fully saturated rings. The molecule has 41 heavy (non-hydrogen) atoms. The number of hydrogen-bond donors (Lipinski definition) is 1. The summed E-state index contributed by atoms with van der Waals surface area (Å²) in [6.07, 6.45) is 1.86. The van der Waals surface area contributed by atoms with E-state index in [0.717, 1.165) is 16.1 Å². The van der Waals surface area contributed by atoms with Crippen molar-refractivity contribution in [2.24, 2.45) is 0 Å². The zero-order valence-corrected chi connectivity index (χ0v) is 26.0. The zero-order valence-electron chi connectivity index (χ0n) is 22.9. The fraction of sp³-hybridized carbons (Fsp3) is 0.310. The second kappa shape index (κ2) is 14.8. The summed E-state index contributed by atoms with van der Waals surface area (Å²) in [6.45, 7) is 1.59. The number of amides is 2. The fourth-order valence-corrected chi connectivity index (χ4v) is 5.81. The Morgan fingerprint density at radius 2 is 1.61 bits per heavy atom. The summed E-state index contributed by atoms with van der Waals surface area (Å²) < 4.78 is 31.9. The minimum Gasteiger partial charge on any atom is -0.495 e. The van der Waals surface area contributed by atoms with Crippen LogP contribution in [0, 0.1) is 0 Å². The van der Waals surface area contributed by atoms with Crippen LogP contribution in [0.5, 0.6) is 5.75 Å². The Balaban J connectivity index is 2.10. The maximum atomic E-state index is 14.1. The van der Waals surface area contributed by atoms with Gasteiger partial charge in [-0.2, -0.15) is 0 Å². The number of nitrogens with zero attached hydrogens (tertiary/aromatic N) is 2. The van der Waals surface area contributed by atoms with Gasteiger partial charge in [0.15, 0.2) is 0 Å². The molecule has 0 aromatic heterocycles. The van der Waals surface area contributed by atoms with Crippen LogP contribution in [0.25, 0.3) is 0 Å². The van der Waals surface area contributed by atoms with Crippen molar-refractivity contribution in [2.45, 2.75) is 32.4 Å². The van der Waals surface area contributed by atoms with Crippen LogP contribution in [0.2, 0.25) is 15.1 Å². The number of carbonyl (C=O) groups excluding carboxylic acids is 2. The van der Waals surface area contributed by atoms with E-state index in [0.29, 0.717) is 34.3 Å². The number of carbonyl (C=O) groups is 2. The van der Waals surface area contributed by atoms with Crippen LogP contribution in [0.1, 0.15) is 24.5 Å². The molecule has 2 amide bonds. The average molecular weight is 641 g/mol. The summed E-state index contributed by atoms with van der Waals surface area (Å²) in [6, 6.07) is 17.6. The molecule has 1 N–H and O–H groups in total. The first kappa shape index (κ1) is 32.5. The minimum atomic E-state index is -3.96. The molecule has 0 spiro atoms. The van der Waals surface area contributed by atoms with Crippen LogP contribution in [-0.4, -0.2) is 57.6 Å². The number of methoxy groups -OCH3 is 1. The first-order valence-electron chi connectivity index (χ1n) is 12.8. The first-order valence-corrected chi connectivity index (χ1v) is 15.8. The summed E-state index contributed by atoms with van der Waals surface area (Å²) in [7, 11) is -2.52. The monoisotopic (exact) mass is 639 g/mol. The number of rotatable bonds is 13. The molecule has 8 nitrogen and oxygen atoms in total. The third-order valence-electron chi connectivity index (χ3n) is 6.31. The predicted molar refractivity (Wildman–Crippen MR) is 164 cm³/mol. The van der Waals surface area contributed by atoms with Crippen molar-refractivity contribution >= 4 is 62.3 Å². The molecule has 0 radical (unpaired) electrons. The highest BCUT2D eigenvalue weighted by molar-refractivity contribution is 7.92. The molecule has 0 saturated carbocycles. The molecule has 3 aromatic rings. The Morgan fingerprint density at radius 1 is 0.951 bits per heavy atom. The van der Waals surface area contributed by atoms with E-state index in [9.17, 15) is 18.0 Å². The van der Waals surface area contributed by atoms with Gasteiger partial charge in [0.2, 0.25) is 21.8 Å². The van der Waals surface area contributed by atoms with Gasteiger partial charge in [-0.25, -0.2) is 8.42 Å². The van der Waals surface area contributed by atoms with Gasteiger partial charge in [-0.3, -0.25) is 13.9 Å². The molecular weight excluding hydrogens is 609 g/mol. The standard InChI is InChI=1S/C29H32Cl3N3O5S/c1-4-15-33-29(37)26(16-20-9-6-5-7-10-20)34(18-22-23(30)11-8-12-24(22)31)28(36)19-35(41(3,38)39)21-13-14-27(40-2)25(32)17-21/h5-14,17,26H,4,15-16,18-19H2,1-3H3,(H,33,37)/t26-/m1/s1. The maximum Gasteiger partial charge on any atom is 0.244 e. The molecule has 1 atom stereocenters. The molecular formula is C29H32Cl3N3O5S. The molecule has 0 unspecified atom stereocenters. The van der Waals surface area contributed by atoms with Gasteiger partial charge in [-0.05, 0) is 42.3 Å². The molecule has 220 valence electrons. The van der Waals surface area contributed by atoms with E-state index in [1.54, 1.807) is 18.2 Å². The minimum absolute atomic E-state index is 0.130. The predicted octanol–water partition coefficient (Wildman–Crippen LogP) is 5.59. The lowest BCUT2D eigenvalue weighted by Gasteiger charge is -2.34. The summed E-state index contributed by atoms with van der Waals surface area (Å²) in [5.41, 5.74) is 1.41. The number of sulfonamides is 1. The molecule has 0 heterocycles. The SMILES string of the molecule is CCCNC(=O)[C@@H](Cc1ccccc1)N(Cc1c(Cl)cccc1Cl)C(=O)CN(c1ccc(OC)c(Cl)c1)S(C)(=O)=O. The van der Waals surface area contributed by atoms with Gasteiger partial charge in [0.05, 0.1) is 24.1 Å². The third-order valence-corrected chi connectivity index (χ3v) is 8.46. The lowest BCUT2D eigenvalue weighted by Crippen LogP contribution is -2.53. The third kappa shape index (κ3) is 8.75. The van der Waals surface area contributed by atoms with Gasteiger partial charge in [0.1, 0.15) is 18.3 Å². The molecule has 0 saturated heterocycles. The topological polar surface area (TPSA) is 96.0 Å². The highest BCUT2D eigenvalue weighted by Gasteiger charge is 2.33. The van der Waals surface area contributed by atoms with Crippen LogP contribution in [0.15, 0.2) is 66.7 Å². The van der Waals surface area contributed by atoms with E-state index >= 15 is 0 Å². The molecule has 0 aliphatic carbocycles. The van der Waals surface area contributed by atoms with Gasteiger partial charge >= 0.3 is 0 Å². The van der Waals surface area contributed by atoms with Crippen molar-refractivity contribution in [1.82, 2.24) is 10.2 Å². The van der Waals surface area contributed by atoms with E-state index in [1.807, 2.05) is 37.3 Å². The van der Waals surface area contributed by atoms with Gasteiger partial charge in [-0.1, -0.05) is 78.1 Å². The summed E-state index contributed by atoms with van der Waals surface area (Å²) in [4.78, 5) is 29.0. The first-order chi connectivity index (χ1) is 19.5. The van der Waals surface area contributed by atoms with Crippen molar-refractivity contribution in [3.63, 3.8) is 0 Å². The van der Waals surface area contributed by atoms with E-state index in [2.05, 4.69) is 5.32 Å². The normalized spacial score (nSPS) is 12.0. The van der Waals surface area contributed by atoms with Gasteiger partial charge in [0, 0.05) is 35.1 Å². The Labute approximate surface area is 256 Å². The highest BCUT2D eigenvalue weighted by Crippen LogP contribution is 2.31. The lowest BCUT2D eigenvalue weighted by atomic mass is 10.0. The van der Waals surface area contributed by atoms with Gasteiger partial charge in [-0.15, -0.1) is 0 Å². The number of benzene rings is 3. The van der Waals surface area contributed by atoms with Crippen LogP contribution in [0.4, 0.5) is 5.69 Å². The van der Waals surface area contributed by atoms with Crippen LogP contribution in [0.3, 0.4) is 0 Å². The number of anilines is 1. The fourth-order valence-electron chi connectivity index (χ4n) is 4.20. The lowest BCUT2D eigenvalue weighted by molar-refractivity contribution is -0.140. The molecule has 3 aromatic carbocycles. The Kier molecular flexibility index (Phi) is 11.7. The number of ether oxygens (including phenoxy) is 1. The van der Waals surface area contributed by atoms with E-state index in [1.165, 1.54) is 30.2 Å².